The van der Waals surface area contributed by atoms with E-state index in [0.29, 0.717) is 22.8 Å². The van der Waals surface area contributed by atoms with Crippen molar-refractivity contribution in [3.05, 3.63) is 28.3 Å². The molecule has 1 saturated carbocycles. The molecule has 0 radical (unpaired) electrons. The molecule has 3 rings (SSSR count). The summed E-state index contributed by atoms with van der Waals surface area (Å²) in [5.41, 5.74) is 1.40. The summed E-state index contributed by atoms with van der Waals surface area (Å²) in [4.78, 5) is 24.2. The Bertz CT molecular complexity index is 623. The molecule has 1 fully saturated rings. The number of hydrogen-bond acceptors (Lipinski definition) is 3. The Morgan fingerprint density at radius 3 is 2.78 bits per heavy atom. The highest BCUT2D eigenvalue weighted by Crippen LogP contribution is 2.42. The topological polar surface area (TPSA) is 55.4 Å². The van der Waals surface area contributed by atoms with E-state index >= 15 is 0 Å². The summed E-state index contributed by atoms with van der Waals surface area (Å²) in [6.45, 7) is 1.92. The second kappa shape index (κ2) is 6.91. The SMILES string of the molecule is C[C@H]1CC(=O)c2c(OCC(=O)NC3CCCCC3)ccc(Cl)c21. The van der Waals surface area contributed by atoms with E-state index < -0.39 is 0 Å². The number of ketones is 1. The molecule has 0 bridgehead atoms. The predicted octanol–water partition coefficient (Wildman–Crippen LogP) is 3.86. The fraction of sp³-hybridized carbons (Fsp3) is 0.556. The number of fused-ring (bicyclic) bond motifs is 1. The van der Waals surface area contributed by atoms with E-state index in [-0.39, 0.29) is 30.3 Å². The summed E-state index contributed by atoms with van der Waals surface area (Å²) in [6.07, 6.45) is 6.12. The standard InChI is InChI=1S/C18H22ClNO3/c1-11-9-14(21)18-15(8-7-13(19)17(11)18)23-10-16(22)20-12-5-3-2-4-6-12/h7-8,11-12H,2-6,9-10H2,1H3,(H,20,22)/t11-/m0/s1. The molecule has 0 unspecified atom stereocenters. The normalized spacial score (nSPS) is 21.1. The van der Waals surface area contributed by atoms with Gasteiger partial charge in [-0.1, -0.05) is 37.8 Å². The monoisotopic (exact) mass is 335 g/mol. The highest BCUT2D eigenvalue weighted by atomic mass is 35.5. The first-order valence-electron chi connectivity index (χ1n) is 8.34. The van der Waals surface area contributed by atoms with Crippen LogP contribution in [0.25, 0.3) is 0 Å². The predicted molar refractivity (Wildman–Crippen MR) is 89.3 cm³/mol. The third-order valence-corrected chi connectivity index (χ3v) is 5.08. The molecule has 0 aromatic heterocycles. The number of halogens is 1. The molecule has 1 atom stereocenters. The van der Waals surface area contributed by atoms with Crippen molar-refractivity contribution in [1.82, 2.24) is 5.32 Å². The molecule has 1 aromatic carbocycles. The first-order chi connectivity index (χ1) is 11.1. The minimum absolute atomic E-state index is 0.0395. The summed E-state index contributed by atoms with van der Waals surface area (Å²) in [7, 11) is 0. The fourth-order valence-corrected chi connectivity index (χ4v) is 3.95. The second-order valence-corrected chi connectivity index (χ2v) is 6.96. The van der Waals surface area contributed by atoms with Crippen LogP contribution >= 0.6 is 11.6 Å². The number of carbonyl (C=O) groups is 2. The van der Waals surface area contributed by atoms with Crippen molar-refractivity contribution in [3.63, 3.8) is 0 Å². The lowest BCUT2D eigenvalue weighted by atomic mass is 9.95. The molecule has 1 aromatic rings. The van der Waals surface area contributed by atoms with E-state index in [1.54, 1.807) is 12.1 Å². The van der Waals surface area contributed by atoms with Crippen LogP contribution < -0.4 is 10.1 Å². The molecular formula is C18H22ClNO3. The molecule has 0 saturated heterocycles. The number of nitrogens with one attached hydrogen (secondary N) is 1. The van der Waals surface area contributed by atoms with Crippen LogP contribution in [-0.4, -0.2) is 24.3 Å². The number of amides is 1. The van der Waals surface area contributed by atoms with Gasteiger partial charge in [-0.2, -0.15) is 0 Å². The van der Waals surface area contributed by atoms with E-state index in [1.165, 1.54) is 19.3 Å². The summed E-state index contributed by atoms with van der Waals surface area (Å²) in [5.74, 6) is 0.485. The summed E-state index contributed by atoms with van der Waals surface area (Å²) in [5, 5.41) is 3.61. The van der Waals surface area contributed by atoms with Crippen LogP contribution in [0.2, 0.25) is 5.02 Å². The second-order valence-electron chi connectivity index (χ2n) is 6.55. The average Bonchev–Trinajstić information content (AvgIpc) is 2.84. The third kappa shape index (κ3) is 3.52. The van der Waals surface area contributed by atoms with Gasteiger partial charge in [-0.3, -0.25) is 9.59 Å². The minimum Gasteiger partial charge on any atom is -0.483 e. The van der Waals surface area contributed by atoms with Crippen molar-refractivity contribution >= 4 is 23.3 Å². The number of carbonyl (C=O) groups excluding carboxylic acids is 2. The largest absolute Gasteiger partial charge is 0.483 e. The minimum atomic E-state index is -0.126. The van der Waals surface area contributed by atoms with E-state index in [0.717, 1.165) is 18.4 Å². The van der Waals surface area contributed by atoms with Gasteiger partial charge in [-0.05, 0) is 36.5 Å². The van der Waals surface area contributed by atoms with Crippen LogP contribution in [0.5, 0.6) is 5.75 Å². The van der Waals surface area contributed by atoms with E-state index in [1.807, 2.05) is 6.92 Å². The maximum atomic E-state index is 12.2. The summed E-state index contributed by atoms with van der Waals surface area (Å²) < 4.78 is 5.63. The molecule has 4 nitrogen and oxygen atoms in total. The molecule has 124 valence electrons. The maximum absolute atomic E-state index is 12.2. The Balaban J connectivity index is 1.65. The number of Topliss-reactive ketones (excluding diaryl/α,β-unsaturated/α-hetero) is 1. The van der Waals surface area contributed by atoms with Crippen molar-refractivity contribution in [2.75, 3.05) is 6.61 Å². The summed E-state index contributed by atoms with van der Waals surface area (Å²) >= 11 is 6.21. The Hall–Kier alpha value is -1.55. The number of ether oxygens (including phenoxy) is 1. The first kappa shape index (κ1) is 16.3. The van der Waals surface area contributed by atoms with Crippen LogP contribution in [0.4, 0.5) is 0 Å². The molecule has 2 aliphatic carbocycles. The van der Waals surface area contributed by atoms with Gasteiger partial charge >= 0.3 is 0 Å². The van der Waals surface area contributed by atoms with Crippen molar-refractivity contribution < 1.29 is 14.3 Å². The smallest absolute Gasteiger partial charge is 0.258 e. The third-order valence-electron chi connectivity index (χ3n) is 4.75. The lowest BCUT2D eigenvalue weighted by Gasteiger charge is -2.22. The lowest BCUT2D eigenvalue weighted by Crippen LogP contribution is -2.39. The highest BCUT2D eigenvalue weighted by Gasteiger charge is 2.32. The summed E-state index contributed by atoms with van der Waals surface area (Å²) in [6, 6.07) is 3.69. The highest BCUT2D eigenvalue weighted by molar-refractivity contribution is 6.32. The molecule has 2 aliphatic rings. The van der Waals surface area contributed by atoms with Gasteiger partial charge in [0.15, 0.2) is 12.4 Å². The van der Waals surface area contributed by atoms with Crippen molar-refractivity contribution in [1.29, 1.82) is 0 Å². The molecule has 0 heterocycles. The molecular weight excluding hydrogens is 314 g/mol. The van der Waals surface area contributed by atoms with Gasteiger partial charge in [-0.15, -0.1) is 0 Å². The van der Waals surface area contributed by atoms with Crippen LogP contribution in [0.15, 0.2) is 12.1 Å². The number of benzene rings is 1. The molecule has 5 heteroatoms. The lowest BCUT2D eigenvalue weighted by molar-refractivity contribution is -0.124. The van der Waals surface area contributed by atoms with Crippen LogP contribution in [0.3, 0.4) is 0 Å². The Labute approximate surface area is 141 Å². The number of hydrogen-bond donors (Lipinski definition) is 1. The molecule has 1 N–H and O–H groups in total. The Morgan fingerprint density at radius 2 is 2.04 bits per heavy atom. The zero-order valence-electron chi connectivity index (χ0n) is 13.4. The zero-order valence-corrected chi connectivity index (χ0v) is 14.1. The van der Waals surface area contributed by atoms with Gasteiger partial charge in [0.2, 0.25) is 0 Å². The molecule has 1 amide bonds. The Kier molecular flexibility index (Phi) is 4.90. The van der Waals surface area contributed by atoms with Gasteiger partial charge in [0.25, 0.3) is 5.91 Å². The maximum Gasteiger partial charge on any atom is 0.258 e. The van der Waals surface area contributed by atoms with Crippen LogP contribution in [-0.2, 0) is 4.79 Å². The van der Waals surface area contributed by atoms with Crippen molar-refractivity contribution in [3.8, 4) is 5.75 Å². The van der Waals surface area contributed by atoms with Crippen LogP contribution in [0, 0.1) is 0 Å². The number of rotatable bonds is 4. The van der Waals surface area contributed by atoms with E-state index in [4.69, 9.17) is 16.3 Å². The Morgan fingerprint density at radius 1 is 1.30 bits per heavy atom. The average molecular weight is 336 g/mol. The van der Waals surface area contributed by atoms with Gasteiger partial charge in [-0.25, -0.2) is 0 Å². The van der Waals surface area contributed by atoms with E-state index in [9.17, 15) is 9.59 Å². The van der Waals surface area contributed by atoms with Crippen molar-refractivity contribution in [2.24, 2.45) is 0 Å². The van der Waals surface area contributed by atoms with Crippen LogP contribution in [0.1, 0.15) is 67.3 Å². The first-order valence-corrected chi connectivity index (χ1v) is 8.72. The molecule has 23 heavy (non-hydrogen) atoms. The van der Waals surface area contributed by atoms with Gasteiger partial charge in [0, 0.05) is 17.5 Å². The molecule has 0 spiro atoms. The van der Waals surface area contributed by atoms with Gasteiger partial charge < -0.3 is 10.1 Å². The fourth-order valence-electron chi connectivity index (χ4n) is 3.61. The zero-order chi connectivity index (χ0) is 16.4. The molecule has 0 aliphatic heterocycles. The van der Waals surface area contributed by atoms with Gasteiger partial charge in [0.1, 0.15) is 5.75 Å². The quantitative estimate of drug-likeness (QED) is 0.909. The van der Waals surface area contributed by atoms with Crippen molar-refractivity contribution in [2.45, 2.75) is 57.4 Å². The van der Waals surface area contributed by atoms with E-state index in [2.05, 4.69) is 5.32 Å². The van der Waals surface area contributed by atoms with Gasteiger partial charge in [0.05, 0.1) is 5.56 Å².